The van der Waals surface area contributed by atoms with Gasteiger partial charge in [0.2, 0.25) is 5.91 Å². The Morgan fingerprint density at radius 2 is 2.10 bits per heavy atom. The van der Waals surface area contributed by atoms with Gasteiger partial charge in [-0.1, -0.05) is 38.8 Å². The first-order valence-corrected chi connectivity index (χ1v) is 7.42. The average molecular weight is 279 g/mol. The zero-order valence-electron chi connectivity index (χ0n) is 12.9. The van der Waals surface area contributed by atoms with Crippen LogP contribution in [-0.2, 0) is 4.79 Å². The SMILES string of the molecule is C[C@H](CN(C)C(=O)C(C)(C)C1CCCC1)c1nn[nH]n1. The fourth-order valence-corrected chi connectivity index (χ4v) is 3.27. The Morgan fingerprint density at radius 1 is 1.45 bits per heavy atom. The van der Waals surface area contributed by atoms with Gasteiger partial charge in [-0.05, 0) is 18.8 Å². The largest absolute Gasteiger partial charge is 0.345 e. The second-order valence-electron chi connectivity index (χ2n) is 6.56. The molecule has 0 unspecified atom stereocenters. The number of aromatic nitrogens is 4. The van der Waals surface area contributed by atoms with E-state index in [1.807, 2.05) is 18.9 Å². The zero-order valence-corrected chi connectivity index (χ0v) is 12.9. The van der Waals surface area contributed by atoms with E-state index in [1.165, 1.54) is 25.7 Å². The molecule has 0 spiro atoms. The molecule has 1 N–H and O–H groups in total. The first-order chi connectivity index (χ1) is 9.43. The van der Waals surface area contributed by atoms with Gasteiger partial charge in [0.1, 0.15) is 0 Å². The number of tetrazole rings is 1. The predicted molar refractivity (Wildman–Crippen MR) is 76.0 cm³/mol. The lowest BCUT2D eigenvalue weighted by Gasteiger charge is -2.35. The number of H-pyrrole nitrogens is 1. The molecule has 1 aromatic rings. The van der Waals surface area contributed by atoms with Gasteiger partial charge in [-0.15, -0.1) is 10.2 Å². The van der Waals surface area contributed by atoms with Gasteiger partial charge >= 0.3 is 0 Å². The Morgan fingerprint density at radius 3 is 2.65 bits per heavy atom. The number of carbonyl (C=O) groups excluding carboxylic acids is 1. The molecule has 6 heteroatoms. The number of hydrogen-bond donors (Lipinski definition) is 1. The van der Waals surface area contributed by atoms with E-state index in [0.29, 0.717) is 18.3 Å². The Kier molecular flexibility index (Phi) is 4.40. The van der Waals surface area contributed by atoms with Crippen molar-refractivity contribution in [3.05, 3.63) is 5.82 Å². The zero-order chi connectivity index (χ0) is 14.8. The summed E-state index contributed by atoms with van der Waals surface area (Å²) in [5, 5.41) is 14.0. The van der Waals surface area contributed by atoms with Gasteiger partial charge in [0, 0.05) is 24.9 Å². The lowest BCUT2D eigenvalue weighted by Crippen LogP contribution is -2.43. The standard InChI is InChI=1S/C14H25N5O/c1-10(12-15-17-18-16-12)9-19(4)13(20)14(2,3)11-7-5-6-8-11/h10-11H,5-9H2,1-4H3,(H,15,16,17,18)/t10-/m1/s1. The first kappa shape index (κ1) is 14.9. The number of hydrogen-bond acceptors (Lipinski definition) is 4. The molecule has 1 amide bonds. The molecule has 2 rings (SSSR count). The third-order valence-electron chi connectivity index (χ3n) is 4.62. The Bertz CT molecular complexity index is 436. The highest BCUT2D eigenvalue weighted by Crippen LogP contribution is 2.40. The minimum atomic E-state index is -0.276. The molecule has 1 fully saturated rings. The van der Waals surface area contributed by atoms with Crippen LogP contribution in [0.2, 0.25) is 0 Å². The molecule has 0 aromatic carbocycles. The highest BCUT2D eigenvalue weighted by Gasteiger charge is 2.39. The van der Waals surface area contributed by atoms with Crippen molar-refractivity contribution in [3.63, 3.8) is 0 Å². The molecule has 1 atom stereocenters. The van der Waals surface area contributed by atoms with Crippen molar-refractivity contribution in [1.29, 1.82) is 0 Å². The minimum Gasteiger partial charge on any atom is -0.345 e. The van der Waals surface area contributed by atoms with E-state index in [-0.39, 0.29) is 17.2 Å². The van der Waals surface area contributed by atoms with Gasteiger partial charge in [0.05, 0.1) is 0 Å². The highest BCUT2D eigenvalue weighted by atomic mass is 16.2. The van der Waals surface area contributed by atoms with Crippen LogP contribution >= 0.6 is 0 Å². The number of nitrogens with zero attached hydrogens (tertiary/aromatic N) is 4. The fourth-order valence-electron chi connectivity index (χ4n) is 3.27. The first-order valence-electron chi connectivity index (χ1n) is 7.42. The molecular formula is C14H25N5O. The lowest BCUT2D eigenvalue weighted by molar-refractivity contribution is -0.142. The number of aromatic amines is 1. The third-order valence-corrected chi connectivity index (χ3v) is 4.62. The summed E-state index contributed by atoms with van der Waals surface area (Å²) < 4.78 is 0. The molecule has 1 aliphatic rings. The van der Waals surface area contributed by atoms with Gasteiger partial charge < -0.3 is 4.90 Å². The summed E-state index contributed by atoms with van der Waals surface area (Å²) in [4.78, 5) is 14.5. The van der Waals surface area contributed by atoms with Crippen molar-refractivity contribution in [2.45, 2.75) is 52.4 Å². The molecule has 1 heterocycles. The quantitative estimate of drug-likeness (QED) is 0.894. The number of likely N-dealkylation sites (N-methyl/N-ethyl adjacent to an activating group) is 1. The van der Waals surface area contributed by atoms with Crippen molar-refractivity contribution in [3.8, 4) is 0 Å². The number of rotatable bonds is 5. The van der Waals surface area contributed by atoms with Crippen LogP contribution < -0.4 is 0 Å². The van der Waals surface area contributed by atoms with Gasteiger partial charge in [0.15, 0.2) is 5.82 Å². The van der Waals surface area contributed by atoms with Crippen LogP contribution in [0.1, 0.15) is 58.2 Å². The van der Waals surface area contributed by atoms with Crippen molar-refractivity contribution < 1.29 is 4.79 Å². The van der Waals surface area contributed by atoms with E-state index in [1.54, 1.807) is 0 Å². The molecule has 6 nitrogen and oxygen atoms in total. The van der Waals surface area contributed by atoms with E-state index in [4.69, 9.17) is 0 Å². The maximum atomic E-state index is 12.7. The van der Waals surface area contributed by atoms with E-state index < -0.39 is 0 Å². The summed E-state index contributed by atoms with van der Waals surface area (Å²) in [5.74, 6) is 1.48. The van der Waals surface area contributed by atoms with Crippen molar-refractivity contribution in [2.24, 2.45) is 11.3 Å². The van der Waals surface area contributed by atoms with Crippen LogP contribution in [0.5, 0.6) is 0 Å². The van der Waals surface area contributed by atoms with Gasteiger partial charge in [-0.2, -0.15) is 5.21 Å². The van der Waals surface area contributed by atoms with Crippen LogP contribution in [0.25, 0.3) is 0 Å². The lowest BCUT2D eigenvalue weighted by atomic mass is 9.76. The maximum Gasteiger partial charge on any atom is 0.228 e. The van der Waals surface area contributed by atoms with Crippen molar-refractivity contribution >= 4 is 5.91 Å². The Balaban J connectivity index is 1.97. The molecule has 1 aliphatic carbocycles. The number of amides is 1. The molecular weight excluding hydrogens is 254 g/mol. The van der Waals surface area contributed by atoms with Crippen LogP contribution in [-0.4, -0.2) is 45.0 Å². The summed E-state index contributed by atoms with van der Waals surface area (Å²) in [6.45, 7) is 6.80. The normalized spacial score (nSPS) is 18.2. The average Bonchev–Trinajstić information content (AvgIpc) is 3.10. The van der Waals surface area contributed by atoms with Gasteiger partial charge in [-0.25, -0.2) is 0 Å². The molecule has 1 saturated carbocycles. The third kappa shape index (κ3) is 2.99. The van der Waals surface area contributed by atoms with Crippen molar-refractivity contribution in [2.75, 3.05) is 13.6 Å². The van der Waals surface area contributed by atoms with Gasteiger partial charge in [0.25, 0.3) is 0 Å². The van der Waals surface area contributed by atoms with E-state index in [0.717, 1.165) is 0 Å². The second-order valence-corrected chi connectivity index (χ2v) is 6.56. The summed E-state index contributed by atoms with van der Waals surface area (Å²) in [6.07, 6.45) is 4.86. The smallest absolute Gasteiger partial charge is 0.228 e. The summed E-state index contributed by atoms with van der Waals surface area (Å²) in [6, 6.07) is 0. The molecule has 0 aliphatic heterocycles. The maximum absolute atomic E-state index is 12.7. The molecule has 0 radical (unpaired) electrons. The molecule has 112 valence electrons. The molecule has 0 saturated heterocycles. The topological polar surface area (TPSA) is 74.8 Å². The highest BCUT2D eigenvalue weighted by molar-refractivity contribution is 5.82. The van der Waals surface area contributed by atoms with Crippen LogP contribution in [0.3, 0.4) is 0 Å². The number of nitrogens with one attached hydrogen (secondary N) is 1. The van der Waals surface area contributed by atoms with E-state index >= 15 is 0 Å². The fraction of sp³-hybridized carbons (Fsp3) is 0.857. The van der Waals surface area contributed by atoms with Crippen molar-refractivity contribution in [1.82, 2.24) is 25.5 Å². The van der Waals surface area contributed by atoms with E-state index in [9.17, 15) is 4.79 Å². The summed E-state index contributed by atoms with van der Waals surface area (Å²) in [7, 11) is 1.87. The van der Waals surface area contributed by atoms with Crippen LogP contribution in [0.15, 0.2) is 0 Å². The second kappa shape index (κ2) is 5.89. The van der Waals surface area contributed by atoms with E-state index in [2.05, 4.69) is 34.5 Å². The van der Waals surface area contributed by atoms with Crippen LogP contribution in [0.4, 0.5) is 0 Å². The van der Waals surface area contributed by atoms with Gasteiger partial charge in [-0.3, -0.25) is 4.79 Å². The minimum absolute atomic E-state index is 0.0853. The summed E-state index contributed by atoms with van der Waals surface area (Å²) in [5.41, 5.74) is -0.276. The number of carbonyl (C=O) groups is 1. The molecule has 20 heavy (non-hydrogen) atoms. The Labute approximate surface area is 120 Å². The molecule has 0 bridgehead atoms. The summed E-state index contributed by atoms with van der Waals surface area (Å²) >= 11 is 0. The van der Waals surface area contributed by atoms with Crippen LogP contribution in [0, 0.1) is 11.3 Å². The Hall–Kier alpha value is -1.46. The monoisotopic (exact) mass is 279 g/mol. The molecule has 1 aromatic heterocycles. The predicted octanol–water partition coefficient (Wildman–Crippen LogP) is 1.98.